The van der Waals surface area contributed by atoms with Crippen molar-refractivity contribution in [3.8, 4) is 11.6 Å². The number of thiophene rings is 1. The van der Waals surface area contributed by atoms with Gasteiger partial charge in [-0.25, -0.2) is 4.98 Å². The zero-order valence-corrected chi connectivity index (χ0v) is 13.1. The number of aromatic nitrogens is 3. The van der Waals surface area contributed by atoms with Gasteiger partial charge >= 0.3 is 0 Å². The van der Waals surface area contributed by atoms with Crippen molar-refractivity contribution in [1.82, 2.24) is 15.0 Å². The van der Waals surface area contributed by atoms with Gasteiger partial charge in [-0.1, -0.05) is 18.5 Å². The van der Waals surface area contributed by atoms with Crippen molar-refractivity contribution in [2.45, 2.75) is 13.3 Å². The van der Waals surface area contributed by atoms with Crippen LogP contribution in [0.1, 0.15) is 11.8 Å². The van der Waals surface area contributed by atoms with E-state index in [0.29, 0.717) is 22.6 Å². The molecular weight excluding hydrogens is 308 g/mol. The molecule has 108 valence electrons. The lowest BCUT2D eigenvalue weighted by atomic mass is 10.3. The smallest absolute Gasteiger partial charge is 0.232 e. The Labute approximate surface area is 131 Å². The first-order valence-corrected chi connectivity index (χ1v) is 7.65. The van der Waals surface area contributed by atoms with Gasteiger partial charge in [-0.05, 0) is 12.5 Å². The first-order valence-electron chi connectivity index (χ1n) is 6.46. The predicted octanol–water partition coefficient (Wildman–Crippen LogP) is 4.14. The van der Waals surface area contributed by atoms with Crippen molar-refractivity contribution in [1.29, 1.82) is 0 Å². The second-order valence-electron chi connectivity index (χ2n) is 4.33. The van der Waals surface area contributed by atoms with E-state index in [4.69, 9.17) is 16.3 Å². The molecule has 0 spiro atoms. The normalized spacial score (nSPS) is 10.8. The average Bonchev–Trinajstić information content (AvgIpc) is 2.90. The number of nitrogens with zero attached hydrogens (tertiary/aromatic N) is 3. The summed E-state index contributed by atoms with van der Waals surface area (Å²) in [7, 11) is 1.78. The van der Waals surface area contributed by atoms with Crippen LogP contribution in [0.3, 0.4) is 0 Å². The van der Waals surface area contributed by atoms with Crippen LogP contribution < -0.4 is 10.1 Å². The summed E-state index contributed by atoms with van der Waals surface area (Å²) >= 11 is 7.57. The summed E-state index contributed by atoms with van der Waals surface area (Å²) in [6, 6.07) is 3.77. The Morgan fingerprint density at radius 3 is 2.86 bits per heavy atom. The standard InChI is InChI=1S/C14H13ClN4OS/c1-3-10-5-11-12(18-14(16-2)19-13(11)21-10)20-9-4-8(15)6-17-7-9/h4-7H,3H2,1-2H3,(H,16,18,19). The van der Waals surface area contributed by atoms with Crippen LogP contribution in [0.5, 0.6) is 11.6 Å². The van der Waals surface area contributed by atoms with Gasteiger partial charge in [0, 0.05) is 24.2 Å². The van der Waals surface area contributed by atoms with Gasteiger partial charge in [-0.2, -0.15) is 4.98 Å². The zero-order chi connectivity index (χ0) is 14.8. The van der Waals surface area contributed by atoms with E-state index >= 15 is 0 Å². The molecule has 0 unspecified atom stereocenters. The van der Waals surface area contributed by atoms with Crippen molar-refractivity contribution < 1.29 is 4.74 Å². The van der Waals surface area contributed by atoms with Gasteiger partial charge in [0.25, 0.3) is 0 Å². The van der Waals surface area contributed by atoms with Crippen LogP contribution in [-0.2, 0) is 6.42 Å². The molecule has 0 aliphatic heterocycles. The van der Waals surface area contributed by atoms with E-state index in [1.54, 1.807) is 36.8 Å². The van der Waals surface area contributed by atoms with Crippen molar-refractivity contribution in [2.24, 2.45) is 0 Å². The van der Waals surface area contributed by atoms with Gasteiger partial charge in [0.1, 0.15) is 10.6 Å². The minimum atomic E-state index is 0.504. The SMILES string of the molecule is CCc1cc2c(Oc3cncc(Cl)c3)nc(NC)nc2s1. The summed E-state index contributed by atoms with van der Waals surface area (Å²) in [4.78, 5) is 15.0. The Kier molecular flexibility index (Phi) is 3.90. The summed E-state index contributed by atoms with van der Waals surface area (Å²) in [6.07, 6.45) is 4.11. The number of fused-ring (bicyclic) bond motifs is 1. The van der Waals surface area contributed by atoms with Crippen LogP contribution in [0.25, 0.3) is 10.2 Å². The monoisotopic (exact) mass is 320 g/mol. The maximum Gasteiger partial charge on any atom is 0.232 e. The van der Waals surface area contributed by atoms with E-state index in [-0.39, 0.29) is 0 Å². The minimum absolute atomic E-state index is 0.504. The molecule has 3 aromatic rings. The Hall–Kier alpha value is -1.92. The largest absolute Gasteiger partial charge is 0.436 e. The first-order chi connectivity index (χ1) is 10.2. The lowest BCUT2D eigenvalue weighted by molar-refractivity contribution is 0.467. The van der Waals surface area contributed by atoms with E-state index in [0.717, 1.165) is 16.6 Å². The highest BCUT2D eigenvalue weighted by Crippen LogP contribution is 2.34. The molecule has 1 N–H and O–H groups in total. The number of halogens is 1. The van der Waals surface area contributed by atoms with Gasteiger partial charge in [0.15, 0.2) is 0 Å². The van der Waals surface area contributed by atoms with Crippen LogP contribution in [0, 0.1) is 0 Å². The molecule has 0 aromatic carbocycles. The van der Waals surface area contributed by atoms with E-state index in [9.17, 15) is 0 Å². The predicted molar refractivity (Wildman–Crippen MR) is 85.7 cm³/mol. The van der Waals surface area contributed by atoms with Gasteiger partial charge in [0.05, 0.1) is 16.6 Å². The van der Waals surface area contributed by atoms with Crippen LogP contribution in [0.4, 0.5) is 5.95 Å². The molecule has 0 saturated carbocycles. The highest BCUT2D eigenvalue weighted by atomic mass is 35.5. The number of pyridine rings is 1. The first kappa shape index (κ1) is 14.0. The molecule has 21 heavy (non-hydrogen) atoms. The topological polar surface area (TPSA) is 59.9 Å². The molecule has 3 heterocycles. The van der Waals surface area contributed by atoms with Crippen molar-refractivity contribution in [2.75, 3.05) is 12.4 Å². The number of rotatable bonds is 4. The fraction of sp³-hybridized carbons (Fsp3) is 0.214. The van der Waals surface area contributed by atoms with Crippen LogP contribution in [0.15, 0.2) is 24.5 Å². The summed E-state index contributed by atoms with van der Waals surface area (Å²) in [5.41, 5.74) is 0. The molecule has 0 atom stereocenters. The molecule has 5 nitrogen and oxygen atoms in total. The van der Waals surface area contributed by atoms with E-state index < -0.39 is 0 Å². The van der Waals surface area contributed by atoms with Gasteiger partial charge in [-0.15, -0.1) is 11.3 Å². The molecule has 0 aliphatic carbocycles. The average molecular weight is 321 g/mol. The van der Waals surface area contributed by atoms with Crippen molar-refractivity contribution >= 4 is 39.1 Å². The number of nitrogens with one attached hydrogen (secondary N) is 1. The highest BCUT2D eigenvalue weighted by molar-refractivity contribution is 7.18. The maximum absolute atomic E-state index is 5.93. The lowest BCUT2D eigenvalue weighted by Crippen LogP contribution is -1.98. The Morgan fingerprint density at radius 1 is 1.29 bits per heavy atom. The summed E-state index contributed by atoms with van der Waals surface area (Å²) < 4.78 is 5.84. The molecule has 0 bridgehead atoms. The molecule has 7 heteroatoms. The Bertz CT molecular complexity index is 790. The van der Waals surface area contributed by atoms with Crippen LogP contribution >= 0.6 is 22.9 Å². The molecule has 0 aliphatic rings. The molecule has 0 fully saturated rings. The molecular formula is C14H13ClN4OS. The number of hydrogen-bond acceptors (Lipinski definition) is 6. The van der Waals surface area contributed by atoms with Crippen LogP contribution in [0.2, 0.25) is 5.02 Å². The summed E-state index contributed by atoms with van der Waals surface area (Å²) in [6.45, 7) is 2.11. The van der Waals surface area contributed by atoms with Gasteiger partial charge in [0.2, 0.25) is 11.8 Å². The molecule has 0 saturated heterocycles. The van der Waals surface area contributed by atoms with E-state index in [2.05, 4.69) is 33.3 Å². The highest BCUT2D eigenvalue weighted by Gasteiger charge is 2.13. The lowest BCUT2D eigenvalue weighted by Gasteiger charge is -2.07. The van der Waals surface area contributed by atoms with E-state index in [1.165, 1.54) is 4.88 Å². The van der Waals surface area contributed by atoms with E-state index in [1.807, 2.05) is 0 Å². The maximum atomic E-state index is 5.93. The second-order valence-corrected chi connectivity index (χ2v) is 5.88. The third-order valence-corrected chi connectivity index (χ3v) is 4.26. The fourth-order valence-corrected chi connectivity index (χ4v) is 2.99. The molecule has 3 aromatic heterocycles. The zero-order valence-electron chi connectivity index (χ0n) is 11.6. The number of anilines is 1. The molecule has 0 radical (unpaired) electrons. The third-order valence-electron chi connectivity index (χ3n) is 2.88. The second kappa shape index (κ2) is 5.83. The molecule has 3 rings (SSSR count). The molecule has 0 amide bonds. The Balaban J connectivity index is 2.09. The fourth-order valence-electron chi connectivity index (χ4n) is 1.87. The minimum Gasteiger partial charge on any atom is -0.436 e. The number of hydrogen-bond donors (Lipinski definition) is 1. The number of ether oxygens (including phenoxy) is 1. The van der Waals surface area contributed by atoms with Gasteiger partial charge < -0.3 is 10.1 Å². The third kappa shape index (κ3) is 2.91. The van der Waals surface area contributed by atoms with Crippen molar-refractivity contribution in [3.05, 3.63) is 34.4 Å². The summed E-state index contributed by atoms with van der Waals surface area (Å²) in [5.74, 6) is 1.58. The van der Waals surface area contributed by atoms with Crippen LogP contribution in [-0.4, -0.2) is 22.0 Å². The Morgan fingerprint density at radius 2 is 2.14 bits per heavy atom. The summed E-state index contributed by atoms with van der Waals surface area (Å²) in [5, 5.41) is 4.37. The van der Waals surface area contributed by atoms with Crippen molar-refractivity contribution in [3.63, 3.8) is 0 Å². The quantitative estimate of drug-likeness (QED) is 0.783. The number of aryl methyl sites for hydroxylation is 1. The van der Waals surface area contributed by atoms with Gasteiger partial charge in [-0.3, -0.25) is 4.98 Å².